The number of hydrogen-bond donors (Lipinski definition) is 1. The van der Waals surface area contributed by atoms with Gasteiger partial charge in [-0.1, -0.05) is 124 Å². The first-order valence-corrected chi connectivity index (χ1v) is 14.8. The Bertz CT molecular complexity index is 1190. The number of aromatic nitrogens is 2. The first-order chi connectivity index (χ1) is 18.1. The summed E-state index contributed by atoms with van der Waals surface area (Å²) in [6.07, 6.45) is 8.83. The summed E-state index contributed by atoms with van der Waals surface area (Å²) in [5.74, 6) is 0. The van der Waals surface area contributed by atoms with Crippen LogP contribution in [0.3, 0.4) is 0 Å². The smallest absolute Gasteiger partial charge is 0.464 e. The minimum absolute atomic E-state index is 0.657. The maximum Gasteiger partial charge on any atom is 0.502 e. The van der Waals surface area contributed by atoms with Crippen molar-refractivity contribution >= 4 is 8.03 Å². The van der Waals surface area contributed by atoms with Gasteiger partial charge in [-0.15, -0.1) is 0 Å². The van der Waals surface area contributed by atoms with E-state index in [0.717, 1.165) is 34.6 Å². The second-order valence-electron chi connectivity index (χ2n) is 8.93. The summed E-state index contributed by atoms with van der Waals surface area (Å²) in [4.78, 5) is 12.6. The molecule has 4 aromatic rings. The van der Waals surface area contributed by atoms with Crippen molar-refractivity contribution in [2.45, 2.75) is 51.9 Å². The molecule has 0 bridgehead atoms. The highest BCUT2D eigenvalue weighted by Crippen LogP contribution is 2.37. The Morgan fingerprint density at radius 3 is 1.81 bits per heavy atom. The molecule has 0 aliphatic heterocycles. The lowest BCUT2D eigenvalue weighted by Crippen LogP contribution is -2.05. The van der Waals surface area contributed by atoms with Crippen LogP contribution in [0.25, 0.3) is 28.2 Å². The van der Waals surface area contributed by atoms with Crippen LogP contribution >= 0.6 is 8.03 Å². The van der Waals surface area contributed by atoms with Crippen LogP contribution in [-0.4, -0.2) is 27.7 Å². The van der Waals surface area contributed by atoms with Gasteiger partial charge in [0.1, 0.15) is 5.69 Å². The average Bonchev–Trinajstić information content (AvgIpc) is 3.31. The summed E-state index contributed by atoms with van der Waals surface area (Å²) in [5.41, 5.74) is 5.27. The van der Waals surface area contributed by atoms with E-state index in [4.69, 9.17) is 19.2 Å². The van der Waals surface area contributed by atoms with E-state index < -0.39 is 8.03 Å². The lowest BCUT2D eigenvalue weighted by molar-refractivity contribution is 0.278. The second kappa shape index (κ2) is 15.8. The van der Waals surface area contributed by atoms with E-state index >= 15 is 0 Å². The Labute approximate surface area is 222 Å². The number of imidazole rings is 1. The van der Waals surface area contributed by atoms with Crippen molar-refractivity contribution in [3.63, 3.8) is 0 Å². The molecule has 0 aliphatic rings. The fraction of sp³-hybridized carbons (Fsp3) is 0.323. The summed E-state index contributed by atoms with van der Waals surface area (Å²) in [6.45, 7) is 4.17. The molecule has 1 N–H and O–H groups in total. The normalized spacial score (nSPS) is 10.9. The number of hydrogen-bond acceptors (Lipinski definition) is 3. The van der Waals surface area contributed by atoms with Gasteiger partial charge in [-0.3, -0.25) is 4.57 Å². The van der Waals surface area contributed by atoms with Gasteiger partial charge < -0.3 is 4.74 Å². The number of para-hydroxylation sites is 1. The number of unbranched alkanes of at least 4 members (excludes halogenated alkanes) is 6. The number of nitrogens with zero attached hydrogens (tertiary/aromatic N) is 2. The Balaban J connectivity index is 0.000000886. The molecular weight excluding hydrogens is 479 g/mol. The molecule has 194 valence electrons. The first-order valence-electron chi connectivity index (χ1n) is 13.1. The van der Waals surface area contributed by atoms with Crippen molar-refractivity contribution in [2.24, 2.45) is 0 Å². The minimum atomic E-state index is -1.87. The average molecular weight is 518 g/mol. The quantitative estimate of drug-likeness (QED) is 0.151. The fourth-order valence-electron chi connectivity index (χ4n) is 4.20. The van der Waals surface area contributed by atoms with Crippen LogP contribution in [0.5, 0.6) is 6.01 Å². The maximum absolute atomic E-state index is 9.15. The van der Waals surface area contributed by atoms with Gasteiger partial charge in [-0.25, -0.2) is 0 Å². The highest BCUT2D eigenvalue weighted by molar-refractivity contribution is 7.36. The van der Waals surface area contributed by atoms with Gasteiger partial charge in [0.2, 0.25) is 0 Å². The first kappa shape index (κ1) is 28.3. The van der Waals surface area contributed by atoms with Crippen molar-refractivity contribution in [3.8, 4) is 34.2 Å². The zero-order valence-corrected chi connectivity index (χ0v) is 22.8. The zero-order valence-electron chi connectivity index (χ0n) is 21.9. The molecule has 1 unspecified atom stereocenters. The van der Waals surface area contributed by atoms with Gasteiger partial charge in [0, 0.05) is 11.1 Å². The SMILES string of the molecule is CCCCCCCCCOc1nc(-c2ccccc2)c(-c2ccccc2)n1-c1ccccc1.C[P+](=O)O. The molecule has 5 nitrogen and oxygen atoms in total. The third kappa shape index (κ3) is 8.96. The van der Waals surface area contributed by atoms with E-state index in [1.807, 2.05) is 18.2 Å². The molecule has 4 rings (SSSR count). The molecule has 0 radical (unpaired) electrons. The molecule has 3 aromatic carbocycles. The number of rotatable bonds is 12. The van der Waals surface area contributed by atoms with Crippen molar-refractivity contribution in [2.75, 3.05) is 13.3 Å². The zero-order chi connectivity index (χ0) is 26.3. The van der Waals surface area contributed by atoms with E-state index in [-0.39, 0.29) is 0 Å². The predicted molar refractivity (Wildman–Crippen MR) is 154 cm³/mol. The Morgan fingerprint density at radius 1 is 0.757 bits per heavy atom. The van der Waals surface area contributed by atoms with Gasteiger partial charge in [-0.05, 0) is 23.1 Å². The number of benzene rings is 3. The van der Waals surface area contributed by atoms with Gasteiger partial charge >= 0.3 is 14.0 Å². The van der Waals surface area contributed by atoms with Gasteiger partial charge in [0.25, 0.3) is 0 Å². The molecule has 1 atom stereocenters. The summed E-state index contributed by atoms with van der Waals surface area (Å²) in [5, 5.41) is 0. The minimum Gasteiger partial charge on any atom is -0.464 e. The third-order valence-electron chi connectivity index (χ3n) is 5.93. The van der Waals surface area contributed by atoms with Gasteiger partial charge in [0.05, 0.1) is 18.0 Å². The van der Waals surface area contributed by atoms with E-state index in [1.54, 1.807) is 0 Å². The van der Waals surface area contributed by atoms with Gasteiger partial charge in [-0.2, -0.15) is 9.88 Å². The van der Waals surface area contributed by atoms with Crippen LogP contribution in [0.4, 0.5) is 0 Å². The second-order valence-corrected chi connectivity index (χ2v) is 9.86. The summed E-state index contributed by atoms with van der Waals surface area (Å²) in [7, 11) is -1.87. The molecule has 0 fully saturated rings. The molecule has 0 aliphatic carbocycles. The Kier molecular flexibility index (Phi) is 12.1. The highest BCUT2D eigenvalue weighted by Gasteiger charge is 2.22. The number of ether oxygens (including phenoxy) is 1. The van der Waals surface area contributed by atoms with Crippen LogP contribution in [0.2, 0.25) is 0 Å². The van der Waals surface area contributed by atoms with Crippen LogP contribution in [0.15, 0.2) is 91.0 Å². The topological polar surface area (TPSA) is 64.4 Å². The largest absolute Gasteiger partial charge is 0.502 e. The van der Waals surface area contributed by atoms with Crippen LogP contribution < -0.4 is 4.74 Å². The fourth-order valence-corrected chi connectivity index (χ4v) is 4.20. The lowest BCUT2D eigenvalue weighted by Gasteiger charge is -2.13. The third-order valence-corrected chi connectivity index (χ3v) is 5.93. The van der Waals surface area contributed by atoms with Crippen molar-refractivity contribution < 1.29 is 14.2 Å². The maximum atomic E-state index is 9.15. The Hall–Kier alpha value is -3.27. The summed E-state index contributed by atoms with van der Waals surface area (Å²) < 4.78 is 17.6. The van der Waals surface area contributed by atoms with Crippen molar-refractivity contribution in [1.82, 2.24) is 9.55 Å². The van der Waals surface area contributed by atoms with E-state index in [0.29, 0.717) is 12.6 Å². The molecule has 1 heterocycles. The van der Waals surface area contributed by atoms with Crippen LogP contribution in [0, 0.1) is 0 Å². The molecule has 0 saturated heterocycles. The predicted octanol–water partition coefficient (Wildman–Crippen LogP) is 8.69. The monoisotopic (exact) mass is 517 g/mol. The highest BCUT2D eigenvalue weighted by atomic mass is 31.1. The molecule has 1 aromatic heterocycles. The standard InChI is InChI=1S/C30H34N2O.CH3O2P/c1-2-3-4-5-6-7-17-24-33-30-31-28(25-18-11-8-12-19-25)29(26-20-13-9-14-21-26)32(30)27-22-15-10-16-23-27;1-4(2)3/h8-16,18-23H,2-7,17,24H2,1H3;1H3/p+1. The molecule has 37 heavy (non-hydrogen) atoms. The molecule has 0 spiro atoms. The van der Waals surface area contributed by atoms with E-state index in [1.165, 1.54) is 45.2 Å². The van der Waals surface area contributed by atoms with Crippen LogP contribution in [0.1, 0.15) is 51.9 Å². The van der Waals surface area contributed by atoms with Crippen molar-refractivity contribution in [3.05, 3.63) is 91.0 Å². The summed E-state index contributed by atoms with van der Waals surface area (Å²) in [6, 6.07) is 31.9. The molecule has 6 heteroatoms. The van der Waals surface area contributed by atoms with E-state index in [2.05, 4.69) is 84.3 Å². The van der Waals surface area contributed by atoms with E-state index in [9.17, 15) is 0 Å². The molecular formula is C31H38N2O3P+. The molecule has 0 saturated carbocycles. The molecule has 0 amide bonds. The van der Waals surface area contributed by atoms with Gasteiger partial charge in [0.15, 0.2) is 6.66 Å². The lowest BCUT2D eigenvalue weighted by atomic mass is 10.0. The van der Waals surface area contributed by atoms with Crippen molar-refractivity contribution in [1.29, 1.82) is 0 Å². The van der Waals surface area contributed by atoms with Crippen LogP contribution in [-0.2, 0) is 4.57 Å². The Morgan fingerprint density at radius 2 is 1.24 bits per heavy atom. The summed E-state index contributed by atoms with van der Waals surface area (Å²) >= 11 is 0.